The van der Waals surface area contributed by atoms with Gasteiger partial charge in [-0.15, -0.1) is 0 Å². The molecule has 2 nitrogen and oxygen atoms in total. The van der Waals surface area contributed by atoms with Gasteiger partial charge in [0.05, 0.1) is 7.11 Å². The minimum absolute atomic E-state index is 0.350. The van der Waals surface area contributed by atoms with Crippen molar-refractivity contribution in [1.82, 2.24) is 0 Å². The molecule has 4 aromatic carbocycles. The van der Waals surface area contributed by atoms with Crippen molar-refractivity contribution in [2.75, 3.05) is 7.11 Å². The van der Waals surface area contributed by atoms with Gasteiger partial charge in [-0.2, -0.15) is 0 Å². The van der Waals surface area contributed by atoms with Crippen molar-refractivity contribution in [2.45, 2.75) is 19.8 Å². The molecular weight excluding hydrogens is 368 g/mol. The molecule has 4 rings (SSSR count). The number of hydrogen-bond acceptors (Lipinski definition) is 2. The lowest BCUT2D eigenvalue weighted by Gasteiger charge is -2.14. The highest BCUT2D eigenvalue weighted by Gasteiger charge is 2.09. The zero-order chi connectivity index (χ0) is 20.9. The molecular formula is C28H26O2. The van der Waals surface area contributed by atoms with E-state index in [1.165, 1.54) is 16.7 Å². The first-order valence-electron chi connectivity index (χ1n) is 10.2. The molecule has 0 heterocycles. The second-order valence-corrected chi connectivity index (χ2v) is 7.56. The zero-order valence-electron chi connectivity index (χ0n) is 17.6. The maximum Gasteiger partial charge on any atom is 0.127 e. The van der Waals surface area contributed by atoms with Crippen LogP contribution in [0.15, 0.2) is 97.1 Å². The Bertz CT molecular complexity index is 1080. The zero-order valence-corrected chi connectivity index (χ0v) is 17.6. The fourth-order valence-corrected chi connectivity index (χ4v) is 3.51. The summed E-state index contributed by atoms with van der Waals surface area (Å²) in [4.78, 5) is 0. The van der Waals surface area contributed by atoms with Crippen LogP contribution < -0.4 is 9.47 Å². The maximum absolute atomic E-state index is 6.04. The number of aryl methyl sites for hydroxylation is 1. The number of ether oxygens (including phenoxy) is 2. The summed E-state index contributed by atoms with van der Waals surface area (Å²) in [6, 6.07) is 33.3. The van der Waals surface area contributed by atoms with Gasteiger partial charge >= 0.3 is 0 Å². The van der Waals surface area contributed by atoms with E-state index in [0.717, 1.165) is 28.4 Å². The smallest absolute Gasteiger partial charge is 0.127 e. The summed E-state index contributed by atoms with van der Waals surface area (Å²) in [6.45, 7) is 4.35. The molecule has 0 amide bonds. The molecule has 0 bridgehead atoms. The van der Waals surface area contributed by atoms with Crippen LogP contribution in [0.1, 0.15) is 29.5 Å². The van der Waals surface area contributed by atoms with Crippen molar-refractivity contribution >= 4 is 0 Å². The molecule has 0 saturated heterocycles. The summed E-state index contributed by atoms with van der Waals surface area (Å²) in [7, 11) is 1.68. The molecule has 1 unspecified atom stereocenters. The largest absolute Gasteiger partial charge is 0.497 e. The Morgan fingerprint density at radius 1 is 0.533 bits per heavy atom. The van der Waals surface area contributed by atoms with E-state index >= 15 is 0 Å². The van der Waals surface area contributed by atoms with Crippen LogP contribution in [0, 0.1) is 6.92 Å². The topological polar surface area (TPSA) is 18.5 Å². The molecule has 2 heteroatoms. The third kappa shape index (κ3) is 4.55. The summed E-state index contributed by atoms with van der Waals surface area (Å²) in [6.07, 6.45) is 0. The highest BCUT2D eigenvalue weighted by molar-refractivity contribution is 5.65. The predicted octanol–water partition coefficient (Wildman–Crippen LogP) is 7.61. The molecule has 0 aromatic heterocycles. The lowest BCUT2D eigenvalue weighted by molar-refractivity contribution is 0.415. The number of rotatable bonds is 6. The van der Waals surface area contributed by atoms with Crippen molar-refractivity contribution in [3.05, 3.63) is 114 Å². The van der Waals surface area contributed by atoms with Crippen LogP contribution in [0.2, 0.25) is 0 Å². The predicted molar refractivity (Wildman–Crippen MR) is 124 cm³/mol. The Morgan fingerprint density at radius 3 is 1.40 bits per heavy atom. The van der Waals surface area contributed by atoms with Gasteiger partial charge in [0.1, 0.15) is 17.2 Å². The highest BCUT2D eigenvalue weighted by Crippen LogP contribution is 2.29. The van der Waals surface area contributed by atoms with Crippen LogP contribution in [0.5, 0.6) is 17.2 Å². The van der Waals surface area contributed by atoms with E-state index in [2.05, 4.69) is 74.5 Å². The standard InChI is InChI=1S/C28H26O2/c1-20-4-6-22(7-5-20)21(2)23-8-16-27(17-9-23)30-28-18-12-25(13-19-28)24-10-14-26(29-3)15-11-24/h4-19,21H,1-3H3. The quantitative estimate of drug-likeness (QED) is 0.335. The number of hydrogen-bond donors (Lipinski definition) is 0. The second-order valence-electron chi connectivity index (χ2n) is 7.56. The first-order valence-corrected chi connectivity index (χ1v) is 10.2. The van der Waals surface area contributed by atoms with Crippen molar-refractivity contribution in [2.24, 2.45) is 0 Å². The maximum atomic E-state index is 6.04. The lowest BCUT2D eigenvalue weighted by Crippen LogP contribution is -1.96. The fraction of sp³-hybridized carbons (Fsp3) is 0.143. The van der Waals surface area contributed by atoms with Crippen LogP contribution in [0.4, 0.5) is 0 Å². The molecule has 30 heavy (non-hydrogen) atoms. The molecule has 0 fully saturated rings. The fourth-order valence-electron chi connectivity index (χ4n) is 3.51. The third-order valence-electron chi connectivity index (χ3n) is 5.47. The lowest BCUT2D eigenvalue weighted by atomic mass is 9.93. The van der Waals surface area contributed by atoms with Gasteiger partial charge in [-0.3, -0.25) is 0 Å². The minimum Gasteiger partial charge on any atom is -0.497 e. The van der Waals surface area contributed by atoms with Crippen molar-refractivity contribution in [3.8, 4) is 28.4 Å². The van der Waals surface area contributed by atoms with Gasteiger partial charge in [0.15, 0.2) is 0 Å². The van der Waals surface area contributed by atoms with E-state index in [0.29, 0.717) is 5.92 Å². The molecule has 0 aliphatic heterocycles. The second kappa shape index (κ2) is 8.87. The van der Waals surface area contributed by atoms with E-state index < -0.39 is 0 Å². The van der Waals surface area contributed by atoms with Crippen molar-refractivity contribution < 1.29 is 9.47 Å². The summed E-state index contributed by atoms with van der Waals surface area (Å²) in [5, 5.41) is 0. The Labute approximate surface area is 178 Å². The van der Waals surface area contributed by atoms with Gasteiger partial charge in [-0.25, -0.2) is 0 Å². The summed E-state index contributed by atoms with van der Waals surface area (Å²) in [5.41, 5.74) is 6.18. The van der Waals surface area contributed by atoms with E-state index in [9.17, 15) is 0 Å². The molecule has 150 valence electrons. The van der Waals surface area contributed by atoms with Crippen LogP contribution in [-0.4, -0.2) is 7.11 Å². The van der Waals surface area contributed by atoms with Crippen LogP contribution in [0.25, 0.3) is 11.1 Å². The normalized spacial score (nSPS) is 11.7. The molecule has 0 radical (unpaired) electrons. The average molecular weight is 395 g/mol. The number of benzene rings is 4. The Morgan fingerprint density at radius 2 is 0.933 bits per heavy atom. The van der Waals surface area contributed by atoms with Crippen LogP contribution in [0.3, 0.4) is 0 Å². The molecule has 0 N–H and O–H groups in total. The van der Waals surface area contributed by atoms with Crippen LogP contribution in [-0.2, 0) is 0 Å². The third-order valence-corrected chi connectivity index (χ3v) is 5.47. The molecule has 0 aliphatic carbocycles. The van der Waals surface area contributed by atoms with Crippen molar-refractivity contribution in [1.29, 1.82) is 0 Å². The average Bonchev–Trinajstić information content (AvgIpc) is 2.80. The summed E-state index contributed by atoms with van der Waals surface area (Å²) in [5.74, 6) is 2.88. The molecule has 0 spiro atoms. The van der Waals surface area contributed by atoms with E-state index in [-0.39, 0.29) is 0 Å². The Hall–Kier alpha value is -3.52. The van der Waals surface area contributed by atoms with E-state index in [1.54, 1.807) is 7.11 Å². The highest BCUT2D eigenvalue weighted by atomic mass is 16.5. The minimum atomic E-state index is 0.350. The van der Waals surface area contributed by atoms with Gasteiger partial charge in [0, 0.05) is 5.92 Å². The van der Waals surface area contributed by atoms with Gasteiger partial charge in [-0.1, -0.05) is 73.2 Å². The van der Waals surface area contributed by atoms with Gasteiger partial charge in [0.25, 0.3) is 0 Å². The number of methoxy groups -OCH3 is 1. The van der Waals surface area contributed by atoms with Crippen LogP contribution >= 0.6 is 0 Å². The first kappa shape index (κ1) is 19.8. The summed E-state index contributed by atoms with van der Waals surface area (Å²) < 4.78 is 11.3. The molecule has 0 aliphatic rings. The van der Waals surface area contributed by atoms with E-state index in [1.807, 2.05) is 36.4 Å². The SMILES string of the molecule is COc1ccc(-c2ccc(Oc3ccc(C(C)c4ccc(C)cc4)cc3)cc2)cc1. The summed E-state index contributed by atoms with van der Waals surface area (Å²) >= 11 is 0. The van der Waals surface area contributed by atoms with Gasteiger partial charge < -0.3 is 9.47 Å². The van der Waals surface area contributed by atoms with E-state index in [4.69, 9.17) is 9.47 Å². The Balaban J connectivity index is 1.43. The van der Waals surface area contributed by atoms with Gasteiger partial charge in [0.2, 0.25) is 0 Å². The molecule has 1 atom stereocenters. The first-order chi connectivity index (χ1) is 14.6. The Kier molecular flexibility index (Phi) is 5.85. The van der Waals surface area contributed by atoms with Gasteiger partial charge in [-0.05, 0) is 65.6 Å². The molecule has 4 aromatic rings. The van der Waals surface area contributed by atoms with Crippen molar-refractivity contribution in [3.63, 3.8) is 0 Å². The molecule has 0 saturated carbocycles. The monoisotopic (exact) mass is 394 g/mol.